The van der Waals surface area contributed by atoms with Crippen LogP contribution < -0.4 is 4.74 Å². The lowest BCUT2D eigenvalue weighted by molar-refractivity contribution is 0.00642. The largest absolute Gasteiger partial charge is 0.487 e. The van der Waals surface area contributed by atoms with E-state index in [1.807, 2.05) is 18.2 Å². The number of halogens is 1. The summed E-state index contributed by atoms with van der Waals surface area (Å²) < 4.78 is 19.2. The molecule has 0 heterocycles. The van der Waals surface area contributed by atoms with Gasteiger partial charge in [-0.05, 0) is 37.6 Å². The van der Waals surface area contributed by atoms with Crippen molar-refractivity contribution in [2.75, 3.05) is 6.61 Å². The highest BCUT2D eigenvalue weighted by molar-refractivity contribution is 5.94. The van der Waals surface area contributed by atoms with Gasteiger partial charge in [0.1, 0.15) is 12.2 Å². The highest BCUT2D eigenvalue weighted by Crippen LogP contribution is 2.24. The molecule has 0 bridgehead atoms. The summed E-state index contributed by atoms with van der Waals surface area (Å²) in [6.45, 7) is 2.88. The van der Waals surface area contributed by atoms with Crippen LogP contribution in [0.3, 0.4) is 0 Å². The number of rotatable bonds is 5. The van der Waals surface area contributed by atoms with E-state index < -0.39 is 11.4 Å². The lowest BCUT2D eigenvalue weighted by Crippen LogP contribution is -2.29. The van der Waals surface area contributed by atoms with Gasteiger partial charge in [0.05, 0.1) is 0 Å². The van der Waals surface area contributed by atoms with Gasteiger partial charge < -0.3 is 9.84 Å². The van der Waals surface area contributed by atoms with Crippen molar-refractivity contribution in [1.29, 1.82) is 0 Å². The molecule has 0 aliphatic rings. The zero-order chi connectivity index (χ0) is 15.5. The van der Waals surface area contributed by atoms with Gasteiger partial charge in [0.15, 0.2) is 17.3 Å². The Kier molecular flexibility index (Phi) is 4.38. The molecule has 0 aliphatic carbocycles. The summed E-state index contributed by atoms with van der Waals surface area (Å²) in [5, 5.41) is 10.4. The third-order valence-electron chi connectivity index (χ3n) is 3.24. The van der Waals surface area contributed by atoms with E-state index in [1.54, 1.807) is 19.1 Å². The number of aliphatic hydroxyl groups is 1. The molecule has 1 unspecified atom stereocenters. The highest BCUT2D eigenvalue weighted by Gasteiger charge is 2.24. The highest BCUT2D eigenvalue weighted by atomic mass is 19.1. The molecule has 1 atom stereocenters. The standard InChI is InChI=1S/C17H17FO3/c1-12(19)13-8-9-16(15(18)10-13)21-11-17(2,20)14-6-4-3-5-7-14/h3-10,20H,11H2,1-2H3. The summed E-state index contributed by atoms with van der Waals surface area (Å²) in [4.78, 5) is 11.2. The summed E-state index contributed by atoms with van der Waals surface area (Å²) >= 11 is 0. The number of ether oxygens (including phenoxy) is 1. The third kappa shape index (κ3) is 3.67. The van der Waals surface area contributed by atoms with Crippen LogP contribution in [0.15, 0.2) is 48.5 Å². The Morgan fingerprint density at radius 1 is 1.24 bits per heavy atom. The van der Waals surface area contributed by atoms with Crippen LogP contribution in [0.25, 0.3) is 0 Å². The molecule has 0 aromatic heterocycles. The summed E-state index contributed by atoms with van der Waals surface area (Å²) in [6.07, 6.45) is 0. The van der Waals surface area contributed by atoms with Gasteiger partial charge in [-0.25, -0.2) is 4.39 Å². The Morgan fingerprint density at radius 3 is 2.48 bits per heavy atom. The second-order valence-electron chi connectivity index (χ2n) is 5.13. The molecule has 0 spiro atoms. The molecule has 0 amide bonds. The summed E-state index contributed by atoms with van der Waals surface area (Å²) in [5.41, 5.74) is -0.257. The minimum Gasteiger partial charge on any atom is -0.487 e. The number of hydrogen-bond donors (Lipinski definition) is 1. The number of Topliss-reactive ketones (excluding diaryl/α,β-unsaturated/α-hetero) is 1. The normalized spacial score (nSPS) is 13.5. The van der Waals surface area contributed by atoms with Gasteiger partial charge in [-0.2, -0.15) is 0 Å². The molecule has 110 valence electrons. The van der Waals surface area contributed by atoms with Crippen molar-refractivity contribution in [3.63, 3.8) is 0 Å². The van der Waals surface area contributed by atoms with Crippen molar-refractivity contribution in [2.24, 2.45) is 0 Å². The van der Waals surface area contributed by atoms with E-state index in [-0.39, 0.29) is 23.7 Å². The second-order valence-corrected chi connectivity index (χ2v) is 5.13. The van der Waals surface area contributed by atoms with Crippen LogP contribution in [0.1, 0.15) is 29.8 Å². The molecule has 0 radical (unpaired) electrons. The summed E-state index contributed by atoms with van der Waals surface area (Å²) in [6, 6.07) is 13.1. The van der Waals surface area contributed by atoms with Crippen molar-refractivity contribution >= 4 is 5.78 Å². The molecule has 2 aromatic rings. The van der Waals surface area contributed by atoms with Crippen LogP contribution in [0.2, 0.25) is 0 Å². The van der Waals surface area contributed by atoms with Crippen LogP contribution in [0, 0.1) is 5.82 Å². The van der Waals surface area contributed by atoms with Gasteiger partial charge in [-0.3, -0.25) is 4.79 Å². The fraction of sp³-hybridized carbons (Fsp3) is 0.235. The monoisotopic (exact) mass is 288 g/mol. The smallest absolute Gasteiger partial charge is 0.165 e. The maximum absolute atomic E-state index is 13.8. The second kappa shape index (κ2) is 6.06. The molecule has 0 saturated heterocycles. The third-order valence-corrected chi connectivity index (χ3v) is 3.24. The van der Waals surface area contributed by atoms with Crippen LogP contribution in [0.5, 0.6) is 5.75 Å². The predicted octanol–water partition coefficient (Wildman–Crippen LogP) is 3.31. The maximum Gasteiger partial charge on any atom is 0.165 e. The van der Waals surface area contributed by atoms with Crippen molar-refractivity contribution in [1.82, 2.24) is 0 Å². The van der Waals surface area contributed by atoms with Gasteiger partial charge in [0.25, 0.3) is 0 Å². The van der Waals surface area contributed by atoms with Crippen LogP contribution >= 0.6 is 0 Å². The topological polar surface area (TPSA) is 46.5 Å². The zero-order valence-electron chi connectivity index (χ0n) is 12.0. The van der Waals surface area contributed by atoms with Gasteiger partial charge in [0, 0.05) is 5.56 Å². The van der Waals surface area contributed by atoms with E-state index >= 15 is 0 Å². The molecule has 0 fully saturated rings. The van der Waals surface area contributed by atoms with Crippen molar-refractivity contribution in [3.8, 4) is 5.75 Å². The van der Waals surface area contributed by atoms with E-state index in [4.69, 9.17) is 4.74 Å². The Labute approximate surface area is 123 Å². The molecular weight excluding hydrogens is 271 g/mol. The first-order valence-electron chi connectivity index (χ1n) is 6.61. The number of ketones is 1. The molecule has 0 aliphatic heterocycles. The average Bonchev–Trinajstić information content (AvgIpc) is 2.46. The lowest BCUT2D eigenvalue weighted by atomic mass is 9.97. The average molecular weight is 288 g/mol. The van der Waals surface area contributed by atoms with Gasteiger partial charge >= 0.3 is 0 Å². The van der Waals surface area contributed by atoms with Crippen molar-refractivity contribution in [2.45, 2.75) is 19.4 Å². The Bertz CT molecular complexity index is 636. The Morgan fingerprint density at radius 2 is 1.90 bits per heavy atom. The first-order chi connectivity index (χ1) is 9.90. The lowest BCUT2D eigenvalue weighted by Gasteiger charge is -2.24. The minimum absolute atomic E-state index is 0.0104. The predicted molar refractivity (Wildman–Crippen MR) is 77.9 cm³/mol. The molecule has 3 nitrogen and oxygen atoms in total. The van der Waals surface area contributed by atoms with E-state index in [2.05, 4.69) is 0 Å². The zero-order valence-corrected chi connectivity index (χ0v) is 12.0. The van der Waals surface area contributed by atoms with E-state index in [0.29, 0.717) is 5.56 Å². The van der Waals surface area contributed by atoms with Crippen molar-refractivity contribution < 1.29 is 19.0 Å². The van der Waals surface area contributed by atoms with Crippen LogP contribution in [0.4, 0.5) is 4.39 Å². The van der Waals surface area contributed by atoms with E-state index in [9.17, 15) is 14.3 Å². The summed E-state index contributed by atoms with van der Waals surface area (Å²) in [7, 11) is 0. The van der Waals surface area contributed by atoms with Crippen LogP contribution in [-0.2, 0) is 5.60 Å². The molecule has 21 heavy (non-hydrogen) atoms. The van der Waals surface area contributed by atoms with E-state index in [0.717, 1.165) is 6.07 Å². The molecule has 0 saturated carbocycles. The molecule has 4 heteroatoms. The number of carbonyl (C=O) groups is 1. The Balaban J connectivity index is 2.11. The van der Waals surface area contributed by atoms with Crippen LogP contribution in [-0.4, -0.2) is 17.5 Å². The SMILES string of the molecule is CC(=O)c1ccc(OCC(C)(O)c2ccccc2)c(F)c1. The first kappa shape index (κ1) is 15.2. The number of hydrogen-bond acceptors (Lipinski definition) is 3. The minimum atomic E-state index is -1.23. The fourth-order valence-corrected chi connectivity index (χ4v) is 1.94. The van der Waals surface area contributed by atoms with Gasteiger partial charge in [-0.1, -0.05) is 30.3 Å². The number of carbonyl (C=O) groups excluding carboxylic acids is 1. The maximum atomic E-state index is 13.8. The Hall–Kier alpha value is -2.20. The molecule has 2 rings (SSSR count). The summed E-state index contributed by atoms with van der Waals surface area (Å²) in [5.74, 6) is -0.820. The first-order valence-corrected chi connectivity index (χ1v) is 6.61. The number of benzene rings is 2. The van der Waals surface area contributed by atoms with Gasteiger partial charge in [0.2, 0.25) is 0 Å². The van der Waals surface area contributed by atoms with E-state index in [1.165, 1.54) is 19.1 Å². The van der Waals surface area contributed by atoms with Gasteiger partial charge in [-0.15, -0.1) is 0 Å². The fourth-order valence-electron chi connectivity index (χ4n) is 1.94. The molecular formula is C17H17FO3. The van der Waals surface area contributed by atoms with Crippen molar-refractivity contribution in [3.05, 3.63) is 65.5 Å². The quantitative estimate of drug-likeness (QED) is 0.859. The molecule has 2 aromatic carbocycles. The molecule has 1 N–H and O–H groups in total.